The molecule has 1 aliphatic heterocycles. The molecule has 0 amide bonds. The van der Waals surface area contributed by atoms with Gasteiger partial charge in [-0.25, -0.2) is 4.79 Å². The lowest BCUT2D eigenvalue weighted by atomic mass is 9.77. The van der Waals surface area contributed by atoms with Gasteiger partial charge in [-0.2, -0.15) is 0 Å². The van der Waals surface area contributed by atoms with E-state index in [2.05, 4.69) is 4.90 Å². The van der Waals surface area contributed by atoms with Gasteiger partial charge in [-0.05, 0) is 61.8 Å². The Bertz CT molecular complexity index is 508. The molecule has 3 rings (SSSR count). The largest absolute Gasteiger partial charge is 0.478 e. The van der Waals surface area contributed by atoms with Crippen molar-refractivity contribution in [3.05, 3.63) is 29.3 Å². The van der Waals surface area contributed by atoms with Crippen molar-refractivity contribution in [1.82, 2.24) is 0 Å². The molecule has 1 heterocycles. The molecule has 3 nitrogen and oxygen atoms in total. The van der Waals surface area contributed by atoms with E-state index in [1.54, 1.807) is 6.07 Å². The average molecular weight is 273 g/mol. The fraction of sp³-hybridized carbons (Fsp3) is 0.588. The lowest BCUT2D eigenvalue weighted by Crippen LogP contribution is -2.38. The summed E-state index contributed by atoms with van der Waals surface area (Å²) in [7, 11) is 0. The summed E-state index contributed by atoms with van der Waals surface area (Å²) in [4.78, 5) is 13.5. The van der Waals surface area contributed by atoms with Crippen LogP contribution in [-0.2, 0) is 0 Å². The van der Waals surface area contributed by atoms with Crippen LogP contribution in [0.4, 0.5) is 5.69 Å². The minimum absolute atomic E-state index is 0.415. The number of nitrogens with zero attached hydrogens (tertiary/aromatic N) is 1. The molecule has 1 aromatic rings. The molecule has 0 aromatic heterocycles. The van der Waals surface area contributed by atoms with Crippen LogP contribution in [0.2, 0.25) is 0 Å². The maximum absolute atomic E-state index is 11.1. The predicted molar refractivity (Wildman–Crippen MR) is 80.5 cm³/mol. The molecular weight excluding hydrogens is 250 g/mol. The van der Waals surface area contributed by atoms with Gasteiger partial charge in [0.25, 0.3) is 0 Å². The van der Waals surface area contributed by atoms with E-state index in [9.17, 15) is 4.79 Å². The van der Waals surface area contributed by atoms with Crippen molar-refractivity contribution >= 4 is 11.7 Å². The number of hydrogen-bond donors (Lipinski definition) is 1. The Labute approximate surface area is 120 Å². The van der Waals surface area contributed by atoms with Gasteiger partial charge in [0, 0.05) is 18.8 Å². The zero-order valence-electron chi connectivity index (χ0n) is 12.2. The molecule has 108 valence electrons. The monoisotopic (exact) mass is 273 g/mol. The molecule has 1 N–H and O–H groups in total. The predicted octanol–water partition coefficient (Wildman–Crippen LogP) is 3.85. The first-order valence-electron chi connectivity index (χ1n) is 7.69. The molecule has 1 saturated heterocycles. The number of piperidine rings is 1. The summed E-state index contributed by atoms with van der Waals surface area (Å²) in [5.41, 5.74) is 3.08. The smallest absolute Gasteiger partial charge is 0.335 e. The quantitative estimate of drug-likeness (QED) is 0.889. The van der Waals surface area contributed by atoms with Crippen LogP contribution in [0.5, 0.6) is 0 Å². The van der Waals surface area contributed by atoms with E-state index in [1.165, 1.54) is 44.2 Å². The lowest BCUT2D eigenvalue weighted by molar-refractivity contribution is 0.0696. The molecule has 0 atom stereocenters. The van der Waals surface area contributed by atoms with Gasteiger partial charge in [0.15, 0.2) is 0 Å². The Kier molecular flexibility index (Phi) is 3.45. The third-order valence-corrected chi connectivity index (χ3v) is 5.29. The second-order valence-electron chi connectivity index (χ2n) is 6.50. The van der Waals surface area contributed by atoms with Gasteiger partial charge in [-0.15, -0.1) is 0 Å². The van der Waals surface area contributed by atoms with Crippen LogP contribution in [0.25, 0.3) is 0 Å². The van der Waals surface area contributed by atoms with Gasteiger partial charge in [0.2, 0.25) is 0 Å². The Morgan fingerprint density at radius 1 is 1.15 bits per heavy atom. The van der Waals surface area contributed by atoms with E-state index < -0.39 is 5.97 Å². The summed E-state index contributed by atoms with van der Waals surface area (Å²) in [5, 5.41) is 9.09. The lowest BCUT2D eigenvalue weighted by Gasteiger charge is -2.40. The topological polar surface area (TPSA) is 40.5 Å². The fourth-order valence-corrected chi connectivity index (χ4v) is 3.95. The first-order chi connectivity index (χ1) is 9.60. The van der Waals surface area contributed by atoms with Crippen molar-refractivity contribution in [3.63, 3.8) is 0 Å². The van der Waals surface area contributed by atoms with E-state index in [0.29, 0.717) is 11.0 Å². The summed E-state index contributed by atoms with van der Waals surface area (Å²) in [6.07, 6.45) is 8.24. The second kappa shape index (κ2) is 5.12. The first kappa shape index (κ1) is 13.5. The van der Waals surface area contributed by atoms with Crippen molar-refractivity contribution in [2.24, 2.45) is 5.41 Å². The SMILES string of the molecule is Cc1cc(N2CCC3(CCCC3)CC2)ccc1C(=O)O. The van der Waals surface area contributed by atoms with Gasteiger partial charge in [-0.3, -0.25) is 0 Å². The molecule has 1 saturated carbocycles. The zero-order valence-corrected chi connectivity index (χ0v) is 12.2. The van der Waals surface area contributed by atoms with Crippen LogP contribution in [0.15, 0.2) is 18.2 Å². The number of benzene rings is 1. The van der Waals surface area contributed by atoms with Gasteiger partial charge >= 0.3 is 5.97 Å². The van der Waals surface area contributed by atoms with Crippen molar-refractivity contribution in [2.75, 3.05) is 18.0 Å². The standard InChI is InChI=1S/C17H23NO2/c1-13-12-14(4-5-15(13)16(19)20)18-10-8-17(9-11-18)6-2-3-7-17/h4-5,12H,2-3,6-11H2,1H3,(H,19,20). The van der Waals surface area contributed by atoms with E-state index in [1.807, 2.05) is 19.1 Å². The third kappa shape index (κ3) is 2.41. The number of carbonyl (C=O) groups is 1. The number of rotatable bonds is 2. The Morgan fingerprint density at radius 3 is 2.35 bits per heavy atom. The molecule has 1 aliphatic carbocycles. The van der Waals surface area contributed by atoms with Gasteiger partial charge in [0.1, 0.15) is 0 Å². The van der Waals surface area contributed by atoms with Gasteiger partial charge in [-0.1, -0.05) is 12.8 Å². The molecule has 0 bridgehead atoms. The highest BCUT2D eigenvalue weighted by Gasteiger charge is 2.36. The highest BCUT2D eigenvalue weighted by Crippen LogP contribution is 2.46. The Hall–Kier alpha value is -1.51. The molecule has 2 aliphatic rings. The number of hydrogen-bond acceptors (Lipinski definition) is 2. The van der Waals surface area contributed by atoms with Crippen molar-refractivity contribution in [3.8, 4) is 0 Å². The number of anilines is 1. The normalized spacial score (nSPS) is 21.4. The second-order valence-corrected chi connectivity index (χ2v) is 6.50. The summed E-state index contributed by atoms with van der Waals surface area (Å²) in [5.74, 6) is -0.836. The summed E-state index contributed by atoms with van der Waals surface area (Å²) in [6.45, 7) is 4.12. The molecule has 0 unspecified atom stereocenters. The van der Waals surface area contributed by atoms with Crippen LogP contribution in [0.1, 0.15) is 54.4 Å². The minimum atomic E-state index is -0.836. The third-order valence-electron chi connectivity index (χ3n) is 5.29. The maximum atomic E-state index is 11.1. The van der Waals surface area contributed by atoms with Gasteiger partial charge in [0.05, 0.1) is 5.56 Å². The van der Waals surface area contributed by atoms with Crippen LogP contribution in [0.3, 0.4) is 0 Å². The molecule has 1 aromatic carbocycles. The Morgan fingerprint density at radius 2 is 1.80 bits per heavy atom. The first-order valence-corrected chi connectivity index (χ1v) is 7.69. The van der Waals surface area contributed by atoms with Crippen LogP contribution >= 0.6 is 0 Å². The highest BCUT2D eigenvalue weighted by molar-refractivity contribution is 5.89. The summed E-state index contributed by atoms with van der Waals surface area (Å²) in [6, 6.07) is 5.73. The van der Waals surface area contributed by atoms with Crippen LogP contribution in [0, 0.1) is 12.3 Å². The van der Waals surface area contributed by atoms with E-state index in [4.69, 9.17) is 5.11 Å². The summed E-state index contributed by atoms with van der Waals surface area (Å²) < 4.78 is 0. The molecular formula is C17H23NO2. The van der Waals surface area contributed by atoms with E-state index in [0.717, 1.165) is 18.7 Å². The summed E-state index contributed by atoms with van der Waals surface area (Å²) >= 11 is 0. The molecule has 2 fully saturated rings. The average Bonchev–Trinajstić information content (AvgIpc) is 2.87. The molecule has 3 heteroatoms. The maximum Gasteiger partial charge on any atom is 0.335 e. The number of aromatic carboxylic acids is 1. The van der Waals surface area contributed by atoms with Crippen LogP contribution < -0.4 is 4.90 Å². The molecule has 20 heavy (non-hydrogen) atoms. The van der Waals surface area contributed by atoms with Gasteiger partial charge < -0.3 is 10.0 Å². The van der Waals surface area contributed by atoms with Crippen LogP contribution in [-0.4, -0.2) is 24.2 Å². The molecule has 1 spiro atoms. The number of carboxylic acids is 1. The number of aryl methyl sites for hydroxylation is 1. The zero-order chi connectivity index (χ0) is 14.2. The Balaban J connectivity index is 1.72. The molecule has 0 radical (unpaired) electrons. The van der Waals surface area contributed by atoms with Crippen molar-refractivity contribution < 1.29 is 9.90 Å². The van der Waals surface area contributed by atoms with Crippen molar-refractivity contribution in [1.29, 1.82) is 0 Å². The van der Waals surface area contributed by atoms with E-state index in [-0.39, 0.29) is 0 Å². The van der Waals surface area contributed by atoms with E-state index >= 15 is 0 Å². The fourth-order valence-electron chi connectivity index (χ4n) is 3.95. The number of carboxylic acid groups (broad SMARTS) is 1. The van der Waals surface area contributed by atoms with Crippen molar-refractivity contribution in [2.45, 2.75) is 45.4 Å². The minimum Gasteiger partial charge on any atom is -0.478 e. The highest BCUT2D eigenvalue weighted by atomic mass is 16.4.